The van der Waals surface area contributed by atoms with Crippen LogP contribution in [0.4, 0.5) is 10.5 Å². The zero-order valence-corrected chi connectivity index (χ0v) is 7.82. The first kappa shape index (κ1) is 10.3. The van der Waals surface area contributed by atoms with E-state index in [1.54, 1.807) is 16.9 Å². The van der Waals surface area contributed by atoms with Crippen LogP contribution < -0.4 is 10.0 Å². The van der Waals surface area contributed by atoms with Crippen molar-refractivity contribution < 1.29 is 18.3 Å². The Morgan fingerprint density at radius 3 is 2.50 bits per heavy atom. The van der Waals surface area contributed by atoms with Crippen LogP contribution in [0.3, 0.4) is 0 Å². The molecule has 0 spiro atoms. The van der Waals surface area contributed by atoms with E-state index in [2.05, 4.69) is 5.32 Å². The highest BCUT2D eigenvalue weighted by molar-refractivity contribution is 7.71. The number of aromatic hydroxyl groups is 1. The van der Waals surface area contributed by atoms with Crippen LogP contribution >= 0.6 is 0 Å². The molecule has 0 unspecified atom stereocenters. The number of phenols is 1. The summed E-state index contributed by atoms with van der Waals surface area (Å²) in [6, 6.07) is 5.06. The molecule has 0 heterocycles. The average Bonchev–Trinajstić information content (AvgIpc) is 2.07. The zero-order chi connectivity index (χ0) is 10.6. The Labute approximate surface area is 81.6 Å². The van der Waals surface area contributed by atoms with Crippen LogP contribution in [0, 0.1) is 0 Å². The van der Waals surface area contributed by atoms with Crippen LogP contribution in [0.1, 0.15) is 0 Å². The SMILES string of the molecule is O=C(Nc1ccccc1O)N[SH](=O)=O. The molecule has 0 aromatic heterocycles. The molecule has 0 saturated heterocycles. The highest BCUT2D eigenvalue weighted by Gasteiger charge is 2.04. The van der Waals surface area contributed by atoms with E-state index >= 15 is 0 Å². The van der Waals surface area contributed by atoms with Crippen LogP contribution in [0.25, 0.3) is 0 Å². The smallest absolute Gasteiger partial charge is 0.332 e. The summed E-state index contributed by atoms with van der Waals surface area (Å²) < 4.78 is 21.8. The van der Waals surface area contributed by atoms with Crippen LogP contribution in [-0.2, 0) is 10.9 Å². The minimum Gasteiger partial charge on any atom is -0.506 e. The van der Waals surface area contributed by atoms with Gasteiger partial charge >= 0.3 is 6.03 Å². The van der Waals surface area contributed by atoms with Crippen molar-refractivity contribution >= 4 is 22.6 Å². The Balaban J connectivity index is 2.69. The van der Waals surface area contributed by atoms with E-state index < -0.39 is 16.9 Å². The van der Waals surface area contributed by atoms with Crippen LogP contribution in [0.15, 0.2) is 24.3 Å². The number of anilines is 1. The molecule has 2 amide bonds. The van der Waals surface area contributed by atoms with Crippen molar-refractivity contribution in [1.29, 1.82) is 0 Å². The van der Waals surface area contributed by atoms with Crippen molar-refractivity contribution in [3.05, 3.63) is 24.3 Å². The summed E-state index contributed by atoms with van der Waals surface area (Å²) in [5.41, 5.74) is 0.141. The van der Waals surface area contributed by atoms with E-state index in [4.69, 9.17) is 0 Å². The molecule has 0 aliphatic heterocycles. The number of benzene rings is 1. The summed E-state index contributed by atoms with van der Waals surface area (Å²) in [5.74, 6) is -0.135. The maximum atomic E-state index is 10.9. The fraction of sp³-hybridized carbons (Fsp3) is 0. The number of carbonyl (C=O) groups excluding carboxylic acids is 1. The molecule has 0 radical (unpaired) electrons. The molecule has 0 fully saturated rings. The molecule has 1 aromatic carbocycles. The van der Waals surface area contributed by atoms with Crippen molar-refractivity contribution in [3.8, 4) is 5.75 Å². The Morgan fingerprint density at radius 1 is 1.29 bits per heavy atom. The maximum absolute atomic E-state index is 10.9. The highest BCUT2D eigenvalue weighted by atomic mass is 32.2. The highest BCUT2D eigenvalue weighted by Crippen LogP contribution is 2.20. The van der Waals surface area contributed by atoms with Crippen molar-refractivity contribution in [3.63, 3.8) is 0 Å². The third-order valence-corrected chi connectivity index (χ3v) is 1.73. The van der Waals surface area contributed by atoms with Gasteiger partial charge in [0.1, 0.15) is 5.75 Å². The molecule has 0 aliphatic carbocycles. The largest absolute Gasteiger partial charge is 0.506 e. The topological polar surface area (TPSA) is 95.5 Å². The van der Waals surface area contributed by atoms with Crippen molar-refractivity contribution in [2.24, 2.45) is 0 Å². The van der Waals surface area contributed by atoms with E-state index in [-0.39, 0.29) is 11.4 Å². The number of para-hydroxylation sites is 2. The van der Waals surface area contributed by atoms with Gasteiger partial charge in [-0.05, 0) is 12.1 Å². The predicted octanol–water partition coefficient (Wildman–Crippen LogP) is 0.0401. The summed E-state index contributed by atoms with van der Waals surface area (Å²) in [6.45, 7) is 0. The Bertz CT molecular complexity index is 408. The molecular weight excluding hydrogens is 208 g/mol. The Hall–Kier alpha value is -1.76. The van der Waals surface area contributed by atoms with Crippen LogP contribution in [-0.4, -0.2) is 19.6 Å². The summed E-state index contributed by atoms with van der Waals surface area (Å²) in [6.07, 6.45) is 0. The lowest BCUT2D eigenvalue weighted by Gasteiger charge is -2.04. The first-order valence-electron chi connectivity index (χ1n) is 3.59. The standard InChI is InChI=1S/C7H8N2O4S/c10-6-4-2-1-3-5(6)8-7(11)9-14(12)13/h1-4,10,14H,(H2,8,9,11,12,13). The molecule has 14 heavy (non-hydrogen) atoms. The van der Waals surface area contributed by atoms with E-state index in [9.17, 15) is 18.3 Å². The summed E-state index contributed by atoms with van der Waals surface area (Å²) >= 11 is 0. The number of phenolic OH excluding ortho intramolecular Hbond substituents is 1. The lowest BCUT2D eigenvalue weighted by Crippen LogP contribution is -2.27. The minimum atomic E-state index is -2.99. The molecule has 76 valence electrons. The first-order valence-corrected chi connectivity index (χ1v) is 4.77. The predicted molar refractivity (Wildman–Crippen MR) is 50.6 cm³/mol. The maximum Gasteiger partial charge on any atom is 0.332 e. The van der Waals surface area contributed by atoms with Crippen LogP contribution in [0.5, 0.6) is 5.75 Å². The Morgan fingerprint density at radius 2 is 1.93 bits per heavy atom. The van der Waals surface area contributed by atoms with Crippen molar-refractivity contribution in [2.45, 2.75) is 0 Å². The molecule has 6 nitrogen and oxygen atoms in total. The van der Waals surface area contributed by atoms with Gasteiger partial charge in [-0.2, -0.15) is 0 Å². The van der Waals surface area contributed by atoms with Gasteiger partial charge in [0.05, 0.1) is 5.69 Å². The number of urea groups is 1. The lowest BCUT2D eigenvalue weighted by atomic mass is 10.3. The first-order chi connectivity index (χ1) is 6.59. The van der Waals surface area contributed by atoms with Gasteiger partial charge in [0.2, 0.25) is 10.9 Å². The molecular formula is C7H8N2O4S. The molecule has 1 rings (SSSR count). The van der Waals surface area contributed by atoms with E-state index in [1.807, 2.05) is 0 Å². The van der Waals surface area contributed by atoms with Gasteiger partial charge in [0, 0.05) is 0 Å². The zero-order valence-electron chi connectivity index (χ0n) is 6.93. The second-order valence-corrected chi connectivity index (χ2v) is 3.08. The summed E-state index contributed by atoms with van der Waals surface area (Å²) in [7, 11) is -2.99. The molecule has 0 aliphatic rings. The summed E-state index contributed by atoms with van der Waals surface area (Å²) in [5, 5.41) is 11.4. The van der Waals surface area contributed by atoms with Crippen LogP contribution in [0.2, 0.25) is 0 Å². The second kappa shape index (κ2) is 4.47. The van der Waals surface area contributed by atoms with Gasteiger partial charge < -0.3 is 10.4 Å². The number of thiol groups is 1. The van der Waals surface area contributed by atoms with Gasteiger partial charge in [-0.3, -0.25) is 0 Å². The van der Waals surface area contributed by atoms with Crippen molar-refractivity contribution in [1.82, 2.24) is 4.72 Å². The van der Waals surface area contributed by atoms with E-state index in [1.165, 1.54) is 12.1 Å². The molecule has 7 heteroatoms. The molecule has 3 N–H and O–H groups in total. The van der Waals surface area contributed by atoms with Gasteiger partial charge in [-0.25, -0.2) is 17.9 Å². The van der Waals surface area contributed by atoms with E-state index in [0.717, 1.165) is 0 Å². The van der Waals surface area contributed by atoms with Gasteiger partial charge in [-0.1, -0.05) is 12.1 Å². The number of hydrogen-bond donors (Lipinski definition) is 4. The Kier molecular flexibility index (Phi) is 3.29. The average molecular weight is 216 g/mol. The molecule has 0 bridgehead atoms. The number of nitrogens with one attached hydrogen (secondary N) is 2. The summed E-state index contributed by atoms with van der Waals surface area (Å²) in [4.78, 5) is 10.9. The molecule has 1 aromatic rings. The van der Waals surface area contributed by atoms with Crippen molar-refractivity contribution in [2.75, 3.05) is 5.32 Å². The third kappa shape index (κ3) is 2.94. The fourth-order valence-corrected chi connectivity index (χ4v) is 1.03. The number of rotatable bonds is 2. The fourth-order valence-electron chi connectivity index (χ4n) is 0.813. The number of amides is 2. The second-order valence-electron chi connectivity index (χ2n) is 2.34. The molecule has 0 saturated carbocycles. The van der Waals surface area contributed by atoms with Gasteiger partial charge in [-0.15, -0.1) is 0 Å². The third-order valence-electron chi connectivity index (χ3n) is 1.35. The van der Waals surface area contributed by atoms with E-state index in [0.29, 0.717) is 0 Å². The van der Waals surface area contributed by atoms with Gasteiger partial charge in [0.15, 0.2) is 0 Å². The number of hydrogen-bond acceptors (Lipinski definition) is 4. The quantitative estimate of drug-likeness (QED) is 0.414. The minimum absolute atomic E-state index is 0.135. The molecule has 0 atom stereocenters. The lowest BCUT2D eigenvalue weighted by molar-refractivity contribution is 0.256. The monoisotopic (exact) mass is 216 g/mol. The van der Waals surface area contributed by atoms with Gasteiger partial charge in [0.25, 0.3) is 0 Å². The number of carbonyl (C=O) groups is 1. The normalized spacial score (nSPS) is 9.79.